The Bertz CT molecular complexity index is 702. The number of para-hydroxylation sites is 1. The first-order valence-electron chi connectivity index (χ1n) is 7.88. The van der Waals surface area contributed by atoms with Gasteiger partial charge in [0.2, 0.25) is 5.75 Å². The Hall–Kier alpha value is -2.89. The van der Waals surface area contributed by atoms with Gasteiger partial charge in [-0.2, -0.15) is 0 Å². The van der Waals surface area contributed by atoms with Crippen molar-refractivity contribution in [2.24, 2.45) is 0 Å². The van der Waals surface area contributed by atoms with Gasteiger partial charge in [-0.1, -0.05) is 18.2 Å². The summed E-state index contributed by atoms with van der Waals surface area (Å²) < 4.78 is 21.6. The zero-order valence-electron chi connectivity index (χ0n) is 14.9. The van der Waals surface area contributed by atoms with Crippen molar-refractivity contribution in [2.75, 3.05) is 21.3 Å². The zero-order valence-corrected chi connectivity index (χ0v) is 14.9. The molecule has 0 bridgehead atoms. The van der Waals surface area contributed by atoms with Crippen molar-refractivity contribution in [1.82, 2.24) is 5.32 Å². The van der Waals surface area contributed by atoms with Crippen molar-refractivity contribution < 1.29 is 23.7 Å². The molecule has 0 heterocycles. The second-order valence-corrected chi connectivity index (χ2v) is 5.28. The van der Waals surface area contributed by atoms with Crippen LogP contribution in [-0.2, 0) is 11.3 Å². The summed E-state index contributed by atoms with van der Waals surface area (Å²) in [6.45, 7) is 1.99. The van der Waals surface area contributed by atoms with Crippen molar-refractivity contribution >= 4 is 5.91 Å². The third kappa shape index (κ3) is 4.56. The van der Waals surface area contributed by atoms with Crippen LogP contribution in [0.3, 0.4) is 0 Å². The van der Waals surface area contributed by atoms with Crippen LogP contribution >= 0.6 is 0 Å². The second-order valence-electron chi connectivity index (χ2n) is 5.28. The Morgan fingerprint density at radius 3 is 2.24 bits per heavy atom. The van der Waals surface area contributed by atoms with E-state index in [0.29, 0.717) is 23.0 Å². The molecule has 2 rings (SSSR count). The van der Waals surface area contributed by atoms with Crippen LogP contribution in [-0.4, -0.2) is 33.3 Å². The van der Waals surface area contributed by atoms with Crippen LogP contribution in [0.2, 0.25) is 0 Å². The van der Waals surface area contributed by atoms with Crippen molar-refractivity contribution in [2.45, 2.75) is 19.6 Å². The third-order valence-electron chi connectivity index (χ3n) is 3.66. The number of nitrogens with one attached hydrogen (secondary N) is 1. The largest absolute Gasteiger partial charge is 0.493 e. The van der Waals surface area contributed by atoms with Crippen LogP contribution in [0.1, 0.15) is 12.5 Å². The number of hydrogen-bond acceptors (Lipinski definition) is 5. The fourth-order valence-corrected chi connectivity index (χ4v) is 2.39. The lowest BCUT2D eigenvalue weighted by Crippen LogP contribution is -2.36. The van der Waals surface area contributed by atoms with Gasteiger partial charge in [-0.25, -0.2) is 0 Å². The molecule has 0 aliphatic rings. The van der Waals surface area contributed by atoms with Crippen molar-refractivity contribution in [3.63, 3.8) is 0 Å². The van der Waals surface area contributed by atoms with E-state index in [-0.39, 0.29) is 12.5 Å². The summed E-state index contributed by atoms with van der Waals surface area (Å²) in [4.78, 5) is 12.3. The van der Waals surface area contributed by atoms with Gasteiger partial charge in [-0.15, -0.1) is 0 Å². The van der Waals surface area contributed by atoms with E-state index < -0.39 is 6.10 Å². The Labute approximate surface area is 147 Å². The molecule has 0 saturated carbocycles. The highest BCUT2D eigenvalue weighted by atomic mass is 16.5. The van der Waals surface area contributed by atoms with Crippen LogP contribution in [0.25, 0.3) is 0 Å². The van der Waals surface area contributed by atoms with Crippen molar-refractivity contribution in [1.29, 1.82) is 0 Å². The van der Waals surface area contributed by atoms with E-state index in [1.807, 2.05) is 24.3 Å². The summed E-state index contributed by atoms with van der Waals surface area (Å²) in [6.07, 6.45) is -0.617. The van der Waals surface area contributed by atoms with E-state index in [9.17, 15) is 4.79 Å². The lowest BCUT2D eigenvalue weighted by atomic mass is 10.1. The predicted molar refractivity (Wildman–Crippen MR) is 94.5 cm³/mol. The zero-order chi connectivity index (χ0) is 18.2. The molecule has 1 amide bonds. The molecule has 2 aromatic rings. The van der Waals surface area contributed by atoms with Gasteiger partial charge in [0.25, 0.3) is 5.91 Å². The second kappa shape index (κ2) is 8.82. The van der Waals surface area contributed by atoms with E-state index in [1.165, 1.54) is 0 Å². The number of ether oxygens (including phenoxy) is 4. The topological polar surface area (TPSA) is 66.0 Å². The Morgan fingerprint density at radius 2 is 1.64 bits per heavy atom. The number of methoxy groups -OCH3 is 3. The van der Waals surface area contributed by atoms with Gasteiger partial charge < -0.3 is 24.3 Å². The lowest BCUT2D eigenvalue weighted by molar-refractivity contribution is -0.127. The molecule has 6 heteroatoms. The average molecular weight is 345 g/mol. The molecule has 0 spiro atoms. The maximum atomic E-state index is 12.3. The minimum absolute atomic E-state index is 0.222. The first-order valence-corrected chi connectivity index (χ1v) is 7.88. The normalized spacial score (nSPS) is 11.4. The monoisotopic (exact) mass is 345 g/mol. The van der Waals surface area contributed by atoms with Gasteiger partial charge in [0.1, 0.15) is 5.75 Å². The quantitative estimate of drug-likeness (QED) is 0.797. The maximum Gasteiger partial charge on any atom is 0.261 e. The number of carbonyl (C=O) groups is 1. The van der Waals surface area contributed by atoms with Crippen molar-refractivity contribution in [3.8, 4) is 23.0 Å². The standard InChI is InChI=1S/C19H23NO5/c1-13(25-15-8-6-5-7-9-15)19(21)20-12-14-10-11-16(22-2)18(24-4)17(14)23-3/h5-11,13H,12H2,1-4H3,(H,20,21)/t13-/m1/s1. The summed E-state index contributed by atoms with van der Waals surface area (Å²) in [5, 5.41) is 2.84. The summed E-state index contributed by atoms with van der Waals surface area (Å²) in [6, 6.07) is 12.8. The predicted octanol–water partition coefficient (Wildman–Crippen LogP) is 2.80. The summed E-state index contributed by atoms with van der Waals surface area (Å²) in [5.74, 6) is 2.01. The van der Waals surface area contributed by atoms with Crippen molar-refractivity contribution in [3.05, 3.63) is 48.0 Å². The van der Waals surface area contributed by atoms with Crippen LogP contribution in [0.15, 0.2) is 42.5 Å². The molecule has 6 nitrogen and oxygen atoms in total. The van der Waals surface area contributed by atoms with Crippen LogP contribution in [0, 0.1) is 0 Å². The van der Waals surface area contributed by atoms with Gasteiger partial charge in [-0.3, -0.25) is 4.79 Å². The minimum Gasteiger partial charge on any atom is -0.493 e. The highest BCUT2D eigenvalue weighted by Gasteiger charge is 2.18. The SMILES string of the molecule is COc1ccc(CNC(=O)[C@@H](C)Oc2ccccc2)c(OC)c1OC. The van der Waals surface area contributed by atoms with E-state index in [4.69, 9.17) is 18.9 Å². The molecule has 134 valence electrons. The van der Waals surface area contributed by atoms with E-state index >= 15 is 0 Å². The molecule has 0 radical (unpaired) electrons. The molecule has 0 aliphatic carbocycles. The number of carbonyl (C=O) groups excluding carboxylic acids is 1. The molecule has 2 aromatic carbocycles. The Morgan fingerprint density at radius 1 is 0.960 bits per heavy atom. The Balaban J connectivity index is 2.04. The first kappa shape index (κ1) is 18.4. The maximum absolute atomic E-state index is 12.3. The van der Waals surface area contributed by atoms with E-state index in [1.54, 1.807) is 46.5 Å². The third-order valence-corrected chi connectivity index (χ3v) is 3.66. The summed E-state index contributed by atoms with van der Waals surface area (Å²) in [7, 11) is 4.64. The molecule has 0 aromatic heterocycles. The molecule has 0 aliphatic heterocycles. The molecule has 0 fully saturated rings. The molecular weight excluding hydrogens is 322 g/mol. The van der Waals surface area contributed by atoms with E-state index in [2.05, 4.69) is 5.32 Å². The smallest absolute Gasteiger partial charge is 0.261 e. The number of amides is 1. The minimum atomic E-state index is -0.617. The number of rotatable bonds is 8. The Kier molecular flexibility index (Phi) is 6.51. The molecular formula is C19H23NO5. The number of hydrogen-bond donors (Lipinski definition) is 1. The van der Waals surface area contributed by atoms with Crippen LogP contribution in [0.5, 0.6) is 23.0 Å². The van der Waals surface area contributed by atoms with Gasteiger partial charge in [-0.05, 0) is 31.2 Å². The van der Waals surface area contributed by atoms with Gasteiger partial charge in [0.15, 0.2) is 17.6 Å². The summed E-state index contributed by atoms with van der Waals surface area (Å²) in [5.41, 5.74) is 0.778. The molecule has 1 atom stereocenters. The van der Waals surface area contributed by atoms with Crippen LogP contribution < -0.4 is 24.3 Å². The van der Waals surface area contributed by atoms with Gasteiger partial charge in [0.05, 0.1) is 21.3 Å². The van der Waals surface area contributed by atoms with Gasteiger partial charge >= 0.3 is 0 Å². The highest BCUT2D eigenvalue weighted by Crippen LogP contribution is 2.39. The summed E-state index contributed by atoms with van der Waals surface area (Å²) >= 11 is 0. The molecule has 25 heavy (non-hydrogen) atoms. The number of benzene rings is 2. The highest BCUT2D eigenvalue weighted by molar-refractivity contribution is 5.80. The molecule has 0 unspecified atom stereocenters. The fourth-order valence-electron chi connectivity index (χ4n) is 2.39. The first-order chi connectivity index (χ1) is 12.1. The average Bonchev–Trinajstić information content (AvgIpc) is 2.65. The van der Waals surface area contributed by atoms with Crippen LogP contribution in [0.4, 0.5) is 0 Å². The molecule has 1 N–H and O–H groups in total. The van der Waals surface area contributed by atoms with Gasteiger partial charge in [0, 0.05) is 12.1 Å². The lowest BCUT2D eigenvalue weighted by Gasteiger charge is -2.18. The molecule has 0 saturated heterocycles. The van der Waals surface area contributed by atoms with E-state index in [0.717, 1.165) is 5.56 Å². The fraction of sp³-hybridized carbons (Fsp3) is 0.316.